The lowest BCUT2D eigenvalue weighted by Crippen LogP contribution is -2.39. The van der Waals surface area contributed by atoms with Crippen LogP contribution in [0.15, 0.2) is 58.3 Å². The Balaban J connectivity index is 2.00. The summed E-state index contributed by atoms with van der Waals surface area (Å²) in [5.41, 5.74) is 0. The van der Waals surface area contributed by atoms with Crippen LogP contribution in [0.25, 0.3) is 0 Å². The molecule has 0 radical (unpaired) electrons. The van der Waals surface area contributed by atoms with Crippen molar-refractivity contribution in [2.45, 2.75) is 22.0 Å². The summed E-state index contributed by atoms with van der Waals surface area (Å²) in [6, 6.07) is 11.1. The third-order valence-corrected chi connectivity index (χ3v) is 8.13. The number of benzene rings is 2. The number of hydrogen-bond acceptors (Lipinski definition) is 5. The Morgan fingerprint density at radius 3 is 1.81 bits per heavy atom. The summed E-state index contributed by atoms with van der Waals surface area (Å²) in [5, 5.41) is 1.76. The van der Waals surface area contributed by atoms with Crippen LogP contribution in [0.5, 0.6) is 0 Å². The highest BCUT2D eigenvalue weighted by Crippen LogP contribution is 2.19. The van der Waals surface area contributed by atoms with Gasteiger partial charge in [-0.05, 0) is 55.5 Å². The molecule has 1 N–H and O–H groups in total. The van der Waals surface area contributed by atoms with E-state index in [4.69, 9.17) is 23.2 Å². The highest BCUT2D eigenvalue weighted by Gasteiger charge is 2.29. The number of amides is 1. The van der Waals surface area contributed by atoms with Gasteiger partial charge in [-0.2, -0.15) is 0 Å². The quantitative estimate of drug-likeness (QED) is 0.700. The highest BCUT2D eigenvalue weighted by atomic mass is 35.5. The van der Waals surface area contributed by atoms with Gasteiger partial charge in [-0.3, -0.25) is 4.79 Å². The summed E-state index contributed by atoms with van der Waals surface area (Å²) < 4.78 is 49.4. The van der Waals surface area contributed by atoms with E-state index < -0.39 is 30.8 Å². The standard InChI is InChI=1S/C17H17Cl2NO5S2/c1-12(27(24,25)16-8-4-14(19)5-9-16)17(21)20-10-11-26(22,23)15-6-2-13(18)3-7-15/h2-9,12H,10-11H2,1H3,(H,20,21)/t12-/m1/s1. The van der Waals surface area contributed by atoms with E-state index in [2.05, 4.69) is 5.32 Å². The number of hydrogen-bond donors (Lipinski definition) is 1. The smallest absolute Gasteiger partial charge is 0.238 e. The molecule has 27 heavy (non-hydrogen) atoms. The zero-order valence-corrected chi connectivity index (χ0v) is 17.4. The van der Waals surface area contributed by atoms with E-state index in [0.717, 1.165) is 0 Å². The third-order valence-electron chi connectivity index (χ3n) is 3.82. The van der Waals surface area contributed by atoms with Crippen LogP contribution in [0.1, 0.15) is 6.92 Å². The first-order valence-electron chi connectivity index (χ1n) is 7.79. The molecular weight excluding hydrogens is 433 g/mol. The van der Waals surface area contributed by atoms with Crippen LogP contribution in [0, 0.1) is 0 Å². The molecule has 10 heteroatoms. The largest absolute Gasteiger partial charge is 0.354 e. The van der Waals surface area contributed by atoms with Crippen molar-refractivity contribution in [2.24, 2.45) is 0 Å². The summed E-state index contributed by atoms with van der Waals surface area (Å²) >= 11 is 11.5. The molecule has 1 amide bonds. The second-order valence-corrected chi connectivity index (χ2v) is 11.0. The number of sulfone groups is 2. The average molecular weight is 450 g/mol. The first kappa shape index (κ1) is 21.7. The maximum absolute atomic E-state index is 12.5. The Bertz CT molecular complexity index is 1020. The molecule has 146 valence electrons. The van der Waals surface area contributed by atoms with Crippen LogP contribution >= 0.6 is 23.2 Å². The van der Waals surface area contributed by atoms with Gasteiger partial charge in [-0.15, -0.1) is 0 Å². The van der Waals surface area contributed by atoms with E-state index in [1.54, 1.807) is 0 Å². The zero-order valence-electron chi connectivity index (χ0n) is 14.2. The molecule has 0 bridgehead atoms. The Morgan fingerprint density at radius 1 is 0.889 bits per heavy atom. The van der Waals surface area contributed by atoms with E-state index in [-0.39, 0.29) is 22.1 Å². The van der Waals surface area contributed by atoms with Gasteiger partial charge in [0.25, 0.3) is 0 Å². The molecule has 6 nitrogen and oxygen atoms in total. The summed E-state index contributed by atoms with van der Waals surface area (Å²) in [7, 11) is -7.54. The van der Waals surface area contributed by atoms with E-state index in [0.29, 0.717) is 10.0 Å². The number of carbonyl (C=O) groups is 1. The van der Waals surface area contributed by atoms with Crippen molar-refractivity contribution in [2.75, 3.05) is 12.3 Å². The molecule has 0 aliphatic carbocycles. The number of rotatable bonds is 7. The van der Waals surface area contributed by atoms with Crippen molar-refractivity contribution in [3.05, 3.63) is 58.6 Å². The molecule has 0 aromatic heterocycles. The van der Waals surface area contributed by atoms with Gasteiger partial charge in [0.15, 0.2) is 19.7 Å². The SMILES string of the molecule is C[C@H](C(=O)NCCS(=O)(=O)c1ccc(Cl)cc1)S(=O)(=O)c1ccc(Cl)cc1. The maximum Gasteiger partial charge on any atom is 0.238 e. The Kier molecular flexibility index (Phi) is 6.91. The molecule has 2 aromatic carbocycles. The monoisotopic (exact) mass is 449 g/mol. The minimum Gasteiger partial charge on any atom is -0.354 e. The van der Waals surface area contributed by atoms with Gasteiger partial charge < -0.3 is 5.32 Å². The van der Waals surface area contributed by atoms with Crippen molar-refractivity contribution < 1.29 is 21.6 Å². The summed E-state index contributed by atoms with van der Waals surface area (Å²) in [6.45, 7) is 1.03. The average Bonchev–Trinajstić information content (AvgIpc) is 2.61. The van der Waals surface area contributed by atoms with Crippen molar-refractivity contribution >= 4 is 48.8 Å². The van der Waals surface area contributed by atoms with Gasteiger partial charge in [-0.25, -0.2) is 16.8 Å². The molecule has 0 unspecified atom stereocenters. The van der Waals surface area contributed by atoms with Crippen LogP contribution in [0.4, 0.5) is 0 Å². The van der Waals surface area contributed by atoms with Crippen LogP contribution in [-0.2, 0) is 24.5 Å². The van der Waals surface area contributed by atoms with Crippen molar-refractivity contribution in [1.82, 2.24) is 5.32 Å². The fraction of sp³-hybridized carbons (Fsp3) is 0.235. The fourth-order valence-electron chi connectivity index (χ4n) is 2.18. The number of carbonyl (C=O) groups excluding carboxylic acids is 1. The molecule has 0 spiro atoms. The predicted molar refractivity (Wildman–Crippen MR) is 105 cm³/mol. The Morgan fingerprint density at radius 2 is 1.33 bits per heavy atom. The van der Waals surface area contributed by atoms with Gasteiger partial charge in [0.2, 0.25) is 5.91 Å². The van der Waals surface area contributed by atoms with E-state index >= 15 is 0 Å². The van der Waals surface area contributed by atoms with Crippen molar-refractivity contribution in [3.63, 3.8) is 0 Å². The molecule has 2 aromatic rings. The van der Waals surface area contributed by atoms with E-state index in [1.807, 2.05) is 0 Å². The molecule has 0 saturated heterocycles. The third kappa shape index (κ3) is 5.44. The Hall–Kier alpha value is -1.61. The summed E-state index contributed by atoms with van der Waals surface area (Å²) in [4.78, 5) is 12.2. The van der Waals surface area contributed by atoms with Gasteiger partial charge in [0, 0.05) is 16.6 Å². The first-order chi connectivity index (χ1) is 12.5. The predicted octanol–water partition coefficient (Wildman–Crippen LogP) is 2.75. The molecular formula is C17H17Cl2NO5S2. The second kappa shape index (κ2) is 8.60. The van der Waals surface area contributed by atoms with Crippen LogP contribution < -0.4 is 5.32 Å². The van der Waals surface area contributed by atoms with Crippen LogP contribution in [0.2, 0.25) is 10.0 Å². The van der Waals surface area contributed by atoms with Gasteiger partial charge in [0.05, 0.1) is 15.5 Å². The lowest BCUT2D eigenvalue weighted by molar-refractivity contribution is -0.120. The minimum atomic E-state index is -3.91. The van der Waals surface area contributed by atoms with Crippen molar-refractivity contribution in [3.8, 4) is 0 Å². The highest BCUT2D eigenvalue weighted by molar-refractivity contribution is 7.92. The first-order valence-corrected chi connectivity index (χ1v) is 11.7. The normalized spacial score (nSPS) is 13.1. The van der Waals surface area contributed by atoms with Gasteiger partial charge in [0.1, 0.15) is 5.25 Å². The fourth-order valence-corrected chi connectivity index (χ4v) is 4.88. The molecule has 2 rings (SSSR count). The van der Waals surface area contributed by atoms with Crippen LogP contribution in [-0.4, -0.2) is 40.3 Å². The van der Waals surface area contributed by atoms with E-state index in [1.165, 1.54) is 55.5 Å². The molecule has 1 atom stereocenters. The molecule has 0 heterocycles. The minimum absolute atomic E-state index is 0.0386. The lowest BCUT2D eigenvalue weighted by atomic mass is 10.4. The van der Waals surface area contributed by atoms with Gasteiger partial charge >= 0.3 is 0 Å². The molecule has 0 aliphatic rings. The lowest BCUT2D eigenvalue weighted by Gasteiger charge is -2.13. The van der Waals surface area contributed by atoms with Crippen molar-refractivity contribution in [1.29, 1.82) is 0 Å². The number of halogens is 2. The van der Waals surface area contributed by atoms with E-state index in [9.17, 15) is 21.6 Å². The molecule has 0 saturated carbocycles. The Labute approximate surface area is 168 Å². The maximum atomic E-state index is 12.5. The molecule has 0 aliphatic heterocycles. The summed E-state index contributed by atoms with van der Waals surface area (Å²) in [5.74, 6) is -1.15. The van der Waals surface area contributed by atoms with Crippen LogP contribution in [0.3, 0.4) is 0 Å². The number of nitrogens with one attached hydrogen (secondary N) is 1. The summed E-state index contributed by atoms with van der Waals surface area (Å²) in [6.07, 6.45) is 0. The topological polar surface area (TPSA) is 97.4 Å². The van der Waals surface area contributed by atoms with Gasteiger partial charge in [-0.1, -0.05) is 23.2 Å². The second-order valence-electron chi connectivity index (χ2n) is 5.70. The zero-order chi connectivity index (χ0) is 20.2. The molecule has 0 fully saturated rings.